The Hall–Kier alpha value is -2.79. The molecule has 9 nitrogen and oxygen atoms in total. The molecule has 3 rings (SSSR count). The number of hydrogen-bond acceptors (Lipinski definition) is 7. The molecule has 2 heterocycles. The van der Waals surface area contributed by atoms with E-state index in [-0.39, 0.29) is 5.82 Å². The molecule has 1 N–H and O–H groups in total. The third kappa shape index (κ3) is 5.18. The van der Waals surface area contributed by atoms with Crippen LogP contribution in [0.15, 0.2) is 33.8 Å². The van der Waals surface area contributed by atoms with E-state index in [2.05, 4.69) is 15.5 Å². The lowest BCUT2D eigenvalue weighted by molar-refractivity contribution is -0.115. The zero-order valence-corrected chi connectivity index (χ0v) is 17.8. The third-order valence-electron chi connectivity index (χ3n) is 3.96. The van der Waals surface area contributed by atoms with E-state index >= 15 is 0 Å². The molecule has 3 aromatic rings. The van der Waals surface area contributed by atoms with Crippen LogP contribution in [0.25, 0.3) is 10.2 Å². The molecule has 29 heavy (non-hydrogen) atoms. The predicted molar refractivity (Wildman–Crippen MR) is 109 cm³/mol. The standard InChI is InChI=1S/C18H20N4O5S2/c1-4-22-13-6-5-11(2)7-14(13)28-18(22)20-17(24)10-29(25,26)9-16(23)19-15-8-12(3)27-21-15/h5-8H,4,9-10H2,1-3H3,(H,19,21,23). The van der Waals surface area contributed by atoms with Gasteiger partial charge >= 0.3 is 0 Å². The summed E-state index contributed by atoms with van der Waals surface area (Å²) in [4.78, 5) is 28.6. The van der Waals surface area contributed by atoms with Gasteiger partial charge in [-0.3, -0.25) is 9.59 Å². The van der Waals surface area contributed by atoms with Gasteiger partial charge in [-0.1, -0.05) is 22.6 Å². The van der Waals surface area contributed by atoms with Crippen molar-refractivity contribution in [1.82, 2.24) is 9.72 Å². The molecule has 154 valence electrons. The van der Waals surface area contributed by atoms with E-state index in [1.165, 1.54) is 17.4 Å². The van der Waals surface area contributed by atoms with Crippen molar-refractivity contribution in [1.29, 1.82) is 0 Å². The molecule has 0 aliphatic carbocycles. The second-order valence-corrected chi connectivity index (χ2v) is 9.58. The number of carbonyl (C=O) groups is 2. The number of amides is 2. The van der Waals surface area contributed by atoms with Crippen molar-refractivity contribution in [3.63, 3.8) is 0 Å². The van der Waals surface area contributed by atoms with Crippen LogP contribution in [0.2, 0.25) is 0 Å². The molecule has 0 saturated heterocycles. The van der Waals surface area contributed by atoms with E-state index in [0.29, 0.717) is 17.1 Å². The van der Waals surface area contributed by atoms with Crippen LogP contribution in [0.3, 0.4) is 0 Å². The van der Waals surface area contributed by atoms with Crippen molar-refractivity contribution in [2.75, 3.05) is 16.8 Å². The van der Waals surface area contributed by atoms with Crippen molar-refractivity contribution >= 4 is 49.0 Å². The van der Waals surface area contributed by atoms with E-state index in [0.717, 1.165) is 15.8 Å². The highest BCUT2D eigenvalue weighted by Gasteiger charge is 2.21. The van der Waals surface area contributed by atoms with Crippen LogP contribution < -0.4 is 10.1 Å². The first kappa shape index (κ1) is 20.9. The Balaban J connectivity index is 1.75. The van der Waals surface area contributed by atoms with Crippen LogP contribution in [0.1, 0.15) is 18.2 Å². The molecule has 0 aliphatic rings. The molecule has 0 bridgehead atoms. The highest BCUT2D eigenvalue weighted by Crippen LogP contribution is 2.18. The fourth-order valence-electron chi connectivity index (χ4n) is 2.75. The molecule has 0 atom stereocenters. The molecule has 0 radical (unpaired) electrons. The lowest BCUT2D eigenvalue weighted by Crippen LogP contribution is -2.28. The summed E-state index contributed by atoms with van der Waals surface area (Å²) in [7, 11) is -3.99. The number of nitrogens with one attached hydrogen (secondary N) is 1. The zero-order valence-electron chi connectivity index (χ0n) is 16.1. The van der Waals surface area contributed by atoms with Crippen LogP contribution in [0.4, 0.5) is 5.82 Å². The highest BCUT2D eigenvalue weighted by molar-refractivity contribution is 7.92. The minimum Gasteiger partial charge on any atom is -0.360 e. The average Bonchev–Trinajstić information content (AvgIpc) is 3.15. The predicted octanol–water partition coefficient (Wildman–Crippen LogP) is 1.81. The number of nitrogens with zero attached hydrogens (tertiary/aromatic N) is 3. The van der Waals surface area contributed by atoms with Crippen LogP contribution >= 0.6 is 11.3 Å². The Kier molecular flexibility index (Phi) is 5.99. The molecular weight excluding hydrogens is 416 g/mol. The van der Waals surface area contributed by atoms with Crippen LogP contribution in [0, 0.1) is 13.8 Å². The first-order chi connectivity index (χ1) is 13.7. The molecule has 2 amide bonds. The van der Waals surface area contributed by atoms with Gasteiger partial charge in [0.25, 0.3) is 5.91 Å². The minimum atomic E-state index is -3.99. The largest absolute Gasteiger partial charge is 0.360 e. The number of aromatic nitrogens is 2. The summed E-state index contributed by atoms with van der Waals surface area (Å²) in [5, 5.41) is 5.88. The second kappa shape index (κ2) is 8.29. The van der Waals surface area contributed by atoms with Gasteiger partial charge in [-0.25, -0.2) is 8.42 Å². The number of benzene rings is 1. The van der Waals surface area contributed by atoms with Crippen molar-refractivity contribution in [3.8, 4) is 0 Å². The summed E-state index contributed by atoms with van der Waals surface area (Å²) >= 11 is 1.32. The second-order valence-electron chi connectivity index (χ2n) is 6.51. The molecule has 1 aromatic carbocycles. The summed E-state index contributed by atoms with van der Waals surface area (Å²) in [6, 6.07) is 7.35. The molecule has 0 spiro atoms. The topological polar surface area (TPSA) is 124 Å². The normalized spacial score (nSPS) is 12.4. The molecule has 11 heteroatoms. The maximum absolute atomic E-state index is 12.3. The van der Waals surface area contributed by atoms with Gasteiger partial charge in [0.15, 0.2) is 20.5 Å². The Morgan fingerprint density at radius 1 is 1.24 bits per heavy atom. The average molecular weight is 437 g/mol. The lowest BCUT2D eigenvalue weighted by atomic mass is 10.2. The Bertz CT molecular complexity index is 1250. The SMILES string of the molecule is CCn1c(=NC(=O)CS(=O)(=O)CC(=O)Nc2cc(C)on2)sc2cc(C)ccc21. The van der Waals surface area contributed by atoms with Gasteiger partial charge in [0.05, 0.1) is 10.2 Å². The van der Waals surface area contributed by atoms with E-state index in [1.54, 1.807) is 6.92 Å². The van der Waals surface area contributed by atoms with Gasteiger partial charge in [-0.05, 0) is 38.5 Å². The maximum Gasteiger partial charge on any atom is 0.263 e. The Morgan fingerprint density at radius 2 is 2.00 bits per heavy atom. The third-order valence-corrected chi connectivity index (χ3v) is 6.39. The maximum atomic E-state index is 12.3. The monoisotopic (exact) mass is 436 g/mol. The van der Waals surface area contributed by atoms with Gasteiger partial charge < -0.3 is 14.4 Å². The van der Waals surface area contributed by atoms with Crippen LogP contribution in [0.5, 0.6) is 0 Å². The zero-order chi connectivity index (χ0) is 21.2. The summed E-state index contributed by atoms with van der Waals surface area (Å²) in [5.74, 6) is -2.73. The fourth-order valence-corrected chi connectivity index (χ4v) is 4.98. The molecule has 0 unspecified atom stereocenters. The number of aryl methyl sites for hydroxylation is 3. The quantitative estimate of drug-likeness (QED) is 0.628. The smallest absolute Gasteiger partial charge is 0.263 e. The first-order valence-electron chi connectivity index (χ1n) is 8.78. The van der Waals surface area contributed by atoms with Gasteiger partial charge in [-0.15, -0.1) is 0 Å². The number of sulfone groups is 1. The Morgan fingerprint density at radius 3 is 2.66 bits per heavy atom. The minimum absolute atomic E-state index is 0.114. The van der Waals surface area contributed by atoms with Gasteiger partial charge in [0.1, 0.15) is 17.3 Å². The van der Waals surface area contributed by atoms with Gasteiger partial charge in [0.2, 0.25) is 5.91 Å². The first-order valence-corrected chi connectivity index (χ1v) is 11.4. The Labute approximate surface area is 171 Å². The number of rotatable bonds is 6. The number of carbonyl (C=O) groups excluding carboxylic acids is 2. The summed E-state index contributed by atoms with van der Waals surface area (Å²) in [6.07, 6.45) is 0. The van der Waals surface area contributed by atoms with Crippen molar-refractivity contribution in [2.24, 2.45) is 4.99 Å². The van der Waals surface area contributed by atoms with Crippen molar-refractivity contribution in [2.45, 2.75) is 27.3 Å². The summed E-state index contributed by atoms with van der Waals surface area (Å²) in [5.41, 5.74) is 2.01. The van der Waals surface area contributed by atoms with Gasteiger partial charge in [-0.2, -0.15) is 4.99 Å². The molecule has 2 aromatic heterocycles. The van der Waals surface area contributed by atoms with E-state index in [9.17, 15) is 18.0 Å². The molecular formula is C18H20N4O5S2. The summed E-state index contributed by atoms with van der Waals surface area (Å²) < 4.78 is 32.0. The molecule has 0 saturated carbocycles. The molecule has 0 aliphatic heterocycles. The van der Waals surface area contributed by atoms with Gasteiger partial charge in [0, 0.05) is 12.6 Å². The summed E-state index contributed by atoms with van der Waals surface area (Å²) in [6.45, 7) is 6.11. The molecule has 0 fully saturated rings. The fraction of sp³-hybridized carbons (Fsp3) is 0.333. The van der Waals surface area contributed by atoms with E-state index in [1.807, 2.05) is 36.6 Å². The van der Waals surface area contributed by atoms with Crippen LogP contribution in [-0.4, -0.2) is 41.5 Å². The van der Waals surface area contributed by atoms with E-state index < -0.39 is 33.2 Å². The number of thiazole rings is 1. The van der Waals surface area contributed by atoms with Crippen LogP contribution in [-0.2, 0) is 26.0 Å². The lowest BCUT2D eigenvalue weighted by Gasteiger charge is -2.02. The van der Waals surface area contributed by atoms with Crippen molar-refractivity contribution < 1.29 is 22.5 Å². The van der Waals surface area contributed by atoms with E-state index in [4.69, 9.17) is 4.52 Å². The number of fused-ring (bicyclic) bond motifs is 1. The number of hydrogen-bond donors (Lipinski definition) is 1. The van der Waals surface area contributed by atoms with Crippen molar-refractivity contribution in [3.05, 3.63) is 40.4 Å². The highest BCUT2D eigenvalue weighted by atomic mass is 32.2. The number of anilines is 1.